The summed E-state index contributed by atoms with van der Waals surface area (Å²) in [5, 5.41) is 3.00. The van der Waals surface area contributed by atoms with E-state index in [9.17, 15) is 4.79 Å². The van der Waals surface area contributed by atoms with Gasteiger partial charge in [0.25, 0.3) is 0 Å². The van der Waals surface area contributed by atoms with Gasteiger partial charge in [-0.15, -0.1) is 0 Å². The average Bonchev–Trinajstić information content (AvgIpc) is 3.07. The summed E-state index contributed by atoms with van der Waals surface area (Å²) in [6.45, 7) is 1.01. The molecule has 3 aromatic carbocycles. The number of anilines is 1. The van der Waals surface area contributed by atoms with E-state index in [1.54, 1.807) is 0 Å². The molecule has 1 N–H and O–H groups in total. The lowest BCUT2D eigenvalue weighted by atomic mass is 9.90. The highest BCUT2D eigenvalue weighted by atomic mass is 16.2. The van der Waals surface area contributed by atoms with E-state index >= 15 is 0 Å². The van der Waals surface area contributed by atoms with Crippen LogP contribution in [0.25, 0.3) is 0 Å². The minimum absolute atomic E-state index is 0.0311. The molecule has 0 spiro atoms. The fourth-order valence-electron chi connectivity index (χ4n) is 3.61. The zero-order chi connectivity index (χ0) is 20.2. The van der Waals surface area contributed by atoms with Gasteiger partial charge in [-0.25, -0.2) is 0 Å². The number of carbonyl (C=O) groups is 1. The molecule has 29 heavy (non-hydrogen) atoms. The third-order valence-electron chi connectivity index (χ3n) is 5.17. The number of carbonyl (C=O) groups excluding carboxylic acids is 1. The number of fused-ring (bicyclic) bond motifs is 1. The van der Waals surface area contributed by atoms with Crippen molar-refractivity contribution in [3.8, 4) is 0 Å². The molecular weight excluding hydrogens is 358 g/mol. The van der Waals surface area contributed by atoms with E-state index < -0.39 is 5.92 Å². The number of nitrogens with zero attached hydrogens (tertiary/aromatic N) is 2. The topological polar surface area (TPSA) is 44.7 Å². The summed E-state index contributed by atoms with van der Waals surface area (Å²) in [7, 11) is 4.16. The quantitative estimate of drug-likeness (QED) is 0.630. The van der Waals surface area contributed by atoms with Crippen molar-refractivity contribution in [3.05, 3.63) is 95.6 Å². The zero-order valence-electron chi connectivity index (χ0n) is 16.8. The molecule has 1 aliphatic rings. The van der Waals surface area contributed by atoms with E-state index in [1.165, 1.54) is 5.56 Å². The third kappa shape index (κ3) is 4.28. The minimum Gasteiger partial charge on any atom is -0.325 e. The van der Waals surface area contributed by atoms with Gasteiger partial charge < -0.3 is 10.2 Å². The van der Waals surface area contributed by atoms with E-state index in [-0.39, 0.29) is 5.91 Å². The Balaban J connectivity index is 1.72. The second-order valence-corrected chi connectivity index (χ2v) is 7.59. The van der Waals surface area contributed by atoms with Gasteiger partial charge in [0.05, 0.1) is 11.4 Å². The largest absolute Gasteiger partial charge is 0.325 e. The molecule has 4 nitrogen and oxygen atoms in total. The van der Waals surface area contributed by atoms with Gasteiger partial charge in [-0.2, -0.15) is 0 Å². The van der Waals surface area contributed by atoms with Crippen molar-refractivity contribution in [2.24, 2.45) is 4.99 Å². The number of hydrogen-bond donors (Lipinski definition) is 1. The number of amides is 1. The Morgan fingerprint density at radius 1 is 0.931 bits per heavy atom. The predicted octanol–water partition coefficient (Wildman–Crippen LogP) is 4.65. The molecule has 0 aromatic heterocycles. The molecule has 0 fully saturated rings. The molecule has 0 aliphatic carbocycles. The summed E-state index contributed by atoms with van der Waals surface area (Å²) < 4.78 is 0. The number of nitrogens with one attached hydrogen (secondary N) is 1. The third-order valence-corrected chi connectivity index (χ3v) is 5.17. The van der Waals surface area contributed by atoms with E-state index in [0.29, 0.717) is 0 Å². The molecule has 4 heteroatoms. The van der Waals surface area contributed by atoms with Crippen LogP contribution in [0, 0.1) is 0 Å². The Kier molecular flexibility index (Phi) is 5.54. The average molecular weight is 383 g/mol. The molecule has 0 radical (unpaired) electrons. The number of para-hydroxylation sites is 1. The normalized spacial score (nSPS) is 16.0. The van der Waals surface area contributed by atoms with E-state index in [2.05, 4.69) is 36.4 Å². The van der Waals surface area contributed by atoms with Crippen LogP contribution in [0.15, 0.2) is 83.9 Å². The number of likely N-dealkylation sites (N-methyl/N-ethyl adjacent to an activating group) is 1. The summed E-state index contributed by atoms with van der Waals surface area (Å²) in [6.07, 6.45) is 1.00. The smallest absolute Gasteiger partial charge is 0.238 e. The van der Waals surface area contributed by atoms with Gasteiger partial charge in [0, 0.05) is 12.2 Å². The summed E-state index contributed by atoms with van der Waals surface area (Å²) >= 11 is 0. The zero-order valence-corrected chi connectivity index (χ0v) is 16.8. The first-order valence-electron chi connectivity index (χ1n) is 9.89. The highest BCUT2D eigenvalue weighted by molar-refractivity contribution is 6.24. The second-order valence-electron chi connectivity index (χ2n) is 7.59. The van der Waals surface area contributed by atoms with Crippen molar-refractivity contribution in [2.75, 3.05) is 26.0 Å². The molecular formula is C25H25N3O. The van der Waals surface area contributed by atoms with Crippen LogP contribution < -0.4 is 5.32 Å². The number of aliphatic imine (C=N–C) groups is 1. The van der Waals surface area contributed by atoms with Crippen molar-refractivity contribution in [1.82, 2.24) is 4.90 Å². The Hall–Kier alpha value is -3.24. The SMILES string of the molecule is CN(C)CCc1ccc(N=C(c2ccccc2)C2C(=O)Nc3ccccc32)cc1. The molecule has 4 rings (SSSR count). The van der Waals surface area contributed by atoms with E-state index in [4.69, 9.17) is 4.99 Å². The van der Waals surface area contributed by atoms with Crippen LogP contribution in [0.5, 0.6) is 0 Å². The maximum Gasteiger partial charge on any atom is 0.238 e. The standard InChI is InChI=1S/C25H25N3O/c1-28(2)17-16-18-12-14-20(15-13-18)26-24(19-8-4-3-5-9-19)23-21-10-6-7-11-22(21)27-25(23)29/h3-15,23H,16-17H2,1-2H3,(H,27,29). The summed E-state index contributed by atoms with van der Waals surface area (Å²) in [5.41, 5.74) is 5.71. The Morgan fingerprint density at radius 2 is 1.62 bits per heavy atom. The lowest BCUT2D eigenvalue weighted by molar-refractivity contribution is -0.115. The van der Waals surface area contributed by atoms with Crippen LogP contribution >= 0.6 is 0 Å². The highest BCUT2D eigenvalue weighted by Crippen LogP contribution is 2.36. The maximum absolute atomic E-state index is 12.8. The molecule has 0 bridgehead atoms. The molecule has 1 aliphatic heterocycles. The highest BCUT2D eigenvalue weighted by Gasteiger charge is 2.35. The first-order valence-corrected chi connectivity index (χ1v) is 9.89. The fraction of sp³-hybridized carbons (Fsp3) is 0.200. The van der Waals surface area contributed by atoms with Gasteiger partial charge in [-0.05, 0) is 55.4 Å². The number of rotatable bonds is 6. The van der Waals surface area contributed by atoms with Crippen molar-refractivity contribution in [2.45, 2.75) is 12.3 Å². The molecule has 0 saturated carbocycles. The van der Waals surface area contributed by atoms with Crippen LogP contribution in [-0.2, 0) is 11.2 Å². The van der Waals surface area contributed by atoms with E-state index in [0.717, 1.165) is 41.2 Å². The van der Waals surface area contributed by atoms with Crippen LogP contribution in [-0.4, -0.2) is 37.2 Å². The Labute approximate surface area is 171 Å². The number of hydrogen-bond acceptors (Lipinski definition) is 3. The van der Waals surface area contributed by atoms with Crippen molar-refractivity contribution in [3.63, 3.8) is 0 Å². The Morgan fingerprint density at radius 3 is 2.34 bits per heavy atom. The van der Waals surface area contributed by atoms with Crippen molar-refractivity contribution < 1.29 is 4.79 Å². The molecule has 1 heterocycles. The number of benzene rings is 3. The predicted molar refractivity (Wildman–Crippen MR) is 119 cm³/mol. The lowest BCUT2D eigenvalue weighted by Gasteiger charge is -2.14. The minimum atomic E-state index is -0.415. The van der Waals surface area contributed by atoms with Crippen LogP contribution in [0.3, 0.4) is 0 Å². The van der Waals surface area contributed by atoms with Gasteiger partial charge in [0.15, 0.2) is 0 Å². The molecule has 3 aromatic rings. The summed E-state index contributed by atoms with van der Waals surface area (Å²) in [6, 6.07) is 26.1. The molecule has 146 valence electrons. The molecule has 1 unspecified atom stereocenters. The van der Waals surface area contributed by atoms with Crippen molar-refractivity contribution in [1.29, 1.82) is 0 Å². The fourth-order valence-corrected chi connectivity index (χ4v) is 3.61. The van der Waals surface area contributed by atoms with E-state index in [1.807, 2.05) is 66.7 Å². The monoisotopic (exact) mass is 383 g/mol. The van der Waals surface area contributed by atoms with Gasteiger partial charge in [-0.3, -0.25) is 9.79 Å². The van der Waals surface area contributed by atoms with Gasteiger partial charge in [0.1, 0.15) is 5.92 Å². The second kappa shape index (κ2) is 8.41. The first kappa shape index (κ1) is 19.1. The van der Waals surface area contributed by atoms with Gasteiger partial charge in [-0.1, -0.05) is 60.7 Å². The van der Waals surface area contributed by atoms with Crippen LogP contribution in [0.1, 0.15) is 22.6 Å². The Bertz CT molecular complexity index is 1020. The molecule has 1 amide bonds. The molecule has 0 saturated heterocycles. The van der Waals surface area contributed by atoms with Gasteiger partial charge in [0.2, 0.25) is 5.91 Å². The first-order chi connectivity index (χ1) is 14.1. The molecule has 1 atom stereocenters. The summed E-state index contributed by atoms with van der Waals surface area (Å²) in [5.74, 6) is -0.446. The van der Waals surface area contributed by atoms with Crippen LogP contribution in [0.2, 0.25) is 0 Å². The summed E-state index contributed by atoms with van der Waals surface area (Å²) in [4.78, 5) is 20.0. The van der Waals surface area contributed by atoms with Crippen molar-refractivity contribution >= 4 is 23.0 Å². The van der Waals surface area contributed by atoms with Crippen LogP contribution in [0.4, 0.5) is 11.4 Å². The lowest BCUT2D eigenvalue weighted by Crippen LogP contribution is -2.21. The van der Waals surface area contributed by atoms with Gasteiger partial charge >= 0.3 is 0 Å². The maximum atomic E-state index is 12.8.